The molecule has 2 rings (SSSR count). The van der Waals surface area contributed by atoms with E-state index < -0.39 is 0 Å². The molecule has 0 saturated carbocycles. The highest BCUT2D eigenvalue weighted by Crippen LogP contribution is 2.25. The van der Waals surface area contributed by atoms with Crippen LogP contribution in [0.2, 0.25) is 0 Å². The van der Waals surface area contributed by atoms with Gasteiger partial charge in [0.2, 0.25) is 0 Å². The normalized spacial score (nSPS) is 13.5. The smallest absolute Gasteiger partial charge is 0.309 e. The first-order valence-corrected chi connectivity index (χ1v) is 5.04. The molecule has 0 fully saturated rings. The Morgan fingerprint density at radius 3 is 3.12 bits per heavy atom. The second-order valence-electron chi connectivity index (χ2n) is 3.65. The zero-order chi connectivity index (χ0) is 11.5. The summed E-state index contributed by atoms with van der Waals surface area (Å²) in [4.78, 5) is 11.1. The molecule has 84 valence electrons. The predicted molar refractivity (Wildman–Crippen MR) is 59.3 cm³/mol. The maximum atomic E-state index is 11.1. The van der Waals surface area contributed by atoms with E-state index >= 15 is 0 Å². The van der Waals surface area contributed by atoms with E-state index in [0.717, 1.165) is 28.3 Å². The number of allylic oxidation sites excluding steroid dienone is 1. The van der Waals surface area contributed by atoms with E-state index in [4.69, 9.17) is 0 Å². The number of hydrogen-bond acceptors (Lipinski definition) is 4. The van der Waals surface area contributed by atoms with Crippen LogP contribution in [0.25, 0.3) is 0 Å². The van der Waals surface area contributed by atoms with Crippen LogP contribution >= 0.6 is 0 Å². The van der Waals surface area contributed by atoms with Gasteiger partial charge >= 0.3 is 5.97 Å². The Bertz CT molecular complexity index is 440. The Labute approximate surface area is 93.7 Å². The van der Waals surface area contributed by atoms with Gasteiger partial charge < -0.3 is 4.74 Å². The number of ether oxygens (including phenoxy) is 1. The van der Waals surface area contributed by atoms with Crippen molar-refractivity contribution in [1.29, 1.82) is 0 Å². The van der Waals surface area contributed by atoms with Crippen molar-refractivity contribution in [2.45, 2.75) is 12.8 Å². The fourth-order valence-electron chi connectivity index (χ4n) is 1.73. The first-order chi connectivity index (χ1) is 7.70. The lowest BCUT2D eigenvalue weighted by atomic mass is 10.0. The number of carbonyl (C=O) groups excluding carboxylic acids is 1. The van der Waals surface area contributed by atoms with Crippen molar-refractivity contribution in [3.63, 3.8) is 0 Å². The molecule has 16 heavy (non-hydrogen) atoms. The number of nitrogens with zero attached hydrogens (tertiary/aromatic N) is 1. The Kier molecular flexibility index (Phi) is 2.92. The summed E-state index contributed by atoms with van der Waals surface area (Å²) in [7, 11) is 1.37. The van der Waals surface area contributed by atoms with E-state index in [1.807, 2.05) is 18.2 Å². The van der Waals surface area contributed by atoms with Crippen LogP contribution in [0, 0.1) is 0 Å². The van der Waals surface area contributed by atoms with E-state index in [-0.39, 0.29) is 12.4 Å². The lowest BCUT2D eigenvalue weighted by Gasteiger charge is -2.20. The number of anilines is 1. The molecule has 0 aromatic heterocycles. The van der Waals surface area contributed by atoms with Crippen molar-refractivity contribution in [3.8, 4) is 0 Å². The fraction of sp³-hybridized carbons (Fsp3) is 0.250. The van der Waals surface area contributed by atoms with Crippen molar-refractivity contribution in [2.75, 3.05) is 12.2 Å². The van der Waals surface area contributed by atoms with Crippen molar-refractivity contribution >= 4 is 11.7 Å². The van der Waals surface area contributed by atoms with Crippen LogP contribution in [-0.4, -0.2) is 18.3 Å². The first-order valence-electron chi connectivity index (χ1n) is 5.04. The van der Waals surface area contributed by atoms with Crippen molar-refractivity contribution in [3.05, 3.63) is 41.6 Å². The van der Waals surface area contributed by atoms with Gasteiger partial charge in [-0.15, -0.1) is 0 Å². The molecule has 0 saturated heterocycles. The van der Waals surface area contributed by atoms with Crippen LogP contribution in [0.3, 0.4) is 0 Å². The van der Waals surface area contributed by atoms with Crippen LogP contribution in [0.4, 0.5) is 5.69 Å². The average molecular weight is 219 g/mol. The molecule has 0 atom stereocenters. The maximum Gasteiger partial charge on any atom is 0.309 e. The molecule has 1 aromatic carbocycles. The number of carbonyl (C=O) groups is 1. The largest absolute Gasteiger partial charge is 0.469 e. The Balaban J connectivity index is 2.24. The molecule has 0 unspecified atom stereocenters. The minimum absolute atomic E-state index is 0.257. The van der Waals surface area contributed by atoms with Gasteiger partial charge in [-0.05, 0) is 23.6 Å². The molecular weight excluding hydrogens is 206 g/mol. The van der Waals surface area contributed by atoms with Gasteiger partial charge in [-0.3, -0.25) is 10.0 Å². The van der Waals surface area contributed by atoms with Gasteiger partial charge in [0, 0.05) is 6.20 Å². The molecule has 0 radical (unpaired) electrons. The van der Waals surface area contributed by atoms with Crippen LogP contribution < -0.4 is 5.06 Å². The van der Waals surface area contributed by atoms with E-state index in [1.54, 1.807) is 12.3 Å². The Morgan fingerprint density at radius 2 is 2.38 bits per heavy atom. The number of methoxy groups -OCH3 is 1. The lowest BCUT2D eigenvalue weighted by molar-refractivity contribution is -0.139. The van der Waals surface area contributed by atoms with Crippen molar-refractivity contribution in [2.24, 2.45) is 0 Å². The molecule has 1 heterocycles. The van der Waals surface area contributed by atoms with Crippen molar-refractivity contribution in [1.82, 2.24) is 0 Å². The summed E-state index contributed by atoms with van der Waals surface area (Å²) >= 11 is 0. The number of fused-ring (bicyclic) bond motifs is 1. The van der Waals surface area contributed by atoms with Gasteiger partial charge in [-0.1, -0.05) is 18.2 Å². The second kappa shape index (κ2) is 4.37. The van der Waals surface area contributed by atoms with E-state index in [0.29, 0.717) is 0 Å². The molecule has 1 N–H and O–H groups in total. The number of benzene rings is 1. The van der Waals surface area contributed by atoms with Crippen molar-refractivity contribution < 1.29 is 14.7 Å². The topological polar surface area (TPSA) is 49.8 Å². The highest BCUT2D eigenvalue weighted by Gasteiger charge is 2.12. The minimum atomic E-state index is -0.257. The monoisotopic (exact) mass is 219 g/mol. The highest BCUT2D eigenvalue weighted by atomic mass is 16.5. The van der Waals surface area contributed by atoms with Gasteiger partial charge in [-0.2, -0.15) is 0 Å². The zero-order valence-electron chi connectivity index (χ0n) is 9.01. The molecular formula is C12H13NO3. The quantitative estimate of drug-likeness (QED) is 0.769. The number of rotatable bonds is 2. The molecule has 4 heteroatoms. The van der Waals surface area contributed by atoms with E-state index in [1.165, 1.54) is 7.11 Å². The van der Waals surface area contributed by atoms with Crippen LogP contribution in [-0.2, 0) is 22.4 Å². The third-order valence-electron chi connectivity index (χ3n) is 2.55. The molecule has 1 aromatic rings. The number of hydroxylamine groups is 1. The first kappa shape index (κ1) is 10.7. The summed E-state index contributed by atoms with van der Waals surface area (Å²) in [6.45, 7) is 0. The summed E-state index contributed by atoms with van der Waals surface area (Å²) in [5, 5.41) is 10.6. The van der Waals surface area contributed by atoms with Crippen LogP contribution in [0.15, 0.2) is 30.5 Å². The van der Waals surface area contributed by atoms with Crippen LogP contribution in [0.5, 0.6) is 0 Å². The average Bonchev–Trinajstić information content (AvgIpc) is 2.29. The maximum absolute atomic E-state index is 11.1. The summed E-state index contributed by atoms with van der Waals surface area (Å²) in [6, 6.07) is 5.54. The summed E-state index contributed by atoms with van der Waals surface area (Å²) in [5.74, 6) is -0.257. The zero-order valence-corrected chi connectivity index (χ0v) is 9.01. The minimum Gasteiger partial charge on any atom is -0.469 e. The molecule has 0 bridgehead atoms. The summed E-state index contributed by atoms with van der Waals surface area (Å²) in [6.07, 6.45) is 4.51. The second-order valence-corrected chi connectivity index (χ2v) is 3.65. The van der Waals surface area contributed by atoms with Gasteiger partial charge in [0.05, 0.1) is 19.2 Å². The molecule has 0 spiro atoms. The molecule has 4 nitrogen and oxygen atoms in total. The van der Waals surface area contributed by atoms with Gasteiger partial charge in [-0.25, -0.2) is 5.06 Å². The SMILES string of the molecule is COC(=O)Cc1ccc2c(c1)CC=CN2O. The van der Waals surface area contributed by atoms with E-state index in [2.05, 4.69) is 4.74 Å². The van der Waals surface area contributed by atoms with Gasteiger partial charge in [0.1, 0.15) is 0 Å². The number of esters is 1. The predicted octanol–water partition coefficient (Wildman–Crippen LogP) is 1.67. The van der Waals surface area contributed by atoms with Gasteiger partial charge in [0.15, 0.2) is 0 Å². The molecule has 1 aliphatic rings. The summed E-state index contributed by atoms with van der Waals surface area (Å²) < 4.78 is 4.61. The summed E-state index contributed by atoms with van der Waals surface area (Å²) in [5.41, 5.74) is 2.66. The molecule has 0 aliphatic carbocycles. The molecule has 0 amide bonds. The Morgan fingerprint density at radius 1 is 1.56 bits per heavy atom. The Hall–Kier alpha value is -1.81. The van der Waals surface area contributed by atoms with Crippen LogP contribution in [0.1, 0.15) is 11.1 Å². The van der Waals surface area contributed by atoms with E-state index in [9.17, 15) is 10.0 Å². The fourth-order valence-corrected chi connectivity index (χ4v) is 1.73. The standard InChI is InChI=1S/C12H13NO3/c1-16-12(14)8-9-4-5-11-10(7-9)3-2-6-13(11)15/h2,4-7,15H,3,8H2,1H3. The third-order valence-corrected chi connectivity index (χ3v) is 2.55. The van der Waals surface area contributed by atoms with Gasteiger partial charge in [0.25, 0.3) is 0 Å². The lowest BCUT2D eigenvalue weighted by Crippen LogP contribution is -2.15. The number of hydrogen-bond donors (Lipinski definition) is 1. The highest BCUT2D eigenvalue weighted by molar-refractivity contribution is 5.73. The third kappa shape index (κ3) is 2.06. The molecule has 1 aliphatic heterocycles.